The Balaban J connectivity index is 1.71. The molecule has 0 spiro atoms. The van der Waals surface area contributed by atoms with E-state index >= 15 is 0 Å². The molecule has 1 aromatic carbocycles. The number of ether oxygens (including phenoxy) is 1. The summed E-state index contributed by atoms with van der Waals surface area (Å²) in [7, 11) is 0. The van der Waals surface area contributed by atoms with E-state index in [2.05, 4.69) is 15.3 Å². The van der Waals surface area contributed by atoms with Crippen molar-refractivity contribution in [2.75, 3.05) is 0 Å². The number of hydrogen-bond donors (Lipinski definition) is 1. The fourth-order valence-corrected chi connectivity index (χ4v) is 2.15. The Kier molecular flexibility index (Phi) is 4.23. The van der Waals surface area contributed by atoms with Crippen LogP contribution in [0.4, 0.5) is 0 Å². The Labute approximate surface area is 133 Å². The number of pyridine rings is 1. The molecule has 0 aliphatic heterocycles. The molecular weight excluding hydrogens is 294 g/mol. The summed E-state index contributed by atoms with van der Waals surface area (Å²) in [5, 5.41) is 3.75. The Morgan fingerprint density at radius 1 is 1.30 bits per heavy atom. The van der Waals surface area contributed by atoms with Gasteiger partial charge in [0, 0.05) is 17.6 Å². The number of hydrogen-bond acceptors (Lipinski definition) is 5. The van der Waals surface area contributed by atoms with E-state index in [1.54, 1.807) is 6.20 Å². The van der Waals surface area contributed by atoms with Gasteiger partial charge < -0.3 is 14.5 Å². The highest BCUT2D eigenvalue weighted by molar-refractivity contribution is 5.92. The lowest BCUT2D eigenvalue weighted by Gasteiger charge is -2.06. The van der Waals surface area contributed by atoms with Crippen molar-refractivity contribution in [2.45, 2.75) is 26.5 Å². The molecule has 0 unspecified atom stereocenters. The van der Waals surface area contributed by atoms with E-state index in [4.69, 9.17) is 9.15 Å². The van der Waals surface area contributed by atoms with Gasteiger partial charge >= 0.3 is 0 Å². The Hall–Kier alpha value is -2.89. The first-order chi connectivity index (χ1) is 11.1. The van der Waals surface area contributed by atoms with Crippen LogP contribution < -0.4 is 10.1 Å². The number of amides is 1. The van der Waals surface area contributed by atoms with Crippen molar-refractivity contribution in [3.63, 3.8) is 0 Å². The van der Waals surface area contributed by atoms with Crippen LogP contribution >= 0.6 is 0 Å². The second kappa shape index (κ2) is 6.48. The molecule has 0 bridgehead atoms. The van der Waals surface area contributed by atoms with Crippen molar-refractivity contribution in [3.8, 4) is 5.75 Å². The second-order valence-corrected chi connectivity index (χ2v) is 5.37. The SMILES string of the molecule is CC(C)NC(=O)c1coc(COc2cccc3cccnc23)n1. The molecule has 6 nitrogen and oxygen atoms in total. The standard InChI is InChI=1S/C17H17N3O3/c1-11(2)19-17(21)13-9-23-15(20-13)10-22-14-7-3-5-12-6-4-8-18-16(12)14/h3-9,11H,10H2,1-2H3,(H,19,21). The fourth-order valence-electron chi connectivity index (χ4n) is 2.15. The van der Waals surface area contributed by atoms with Crippen LogP contribution in [0.25, 0.3) is 10.9 Å². The van der Waals surface area contributed by atoms with E-state index in [-0.39, 0.29) is 24.2 Å². The summed E-state index contributed by atoms with van der Waals surface area (Å²) in [5.41, 5.74) is 1.02. The zero-order valence-corrected chi connectivity index (χ0v) is 12.9. The minimum absolute atomic E-state index is 0.0423. The van der Waals surface area contributed by atoms with Crippen LogP contribution in [0.15, 0.2) is 47.2 Å². The highest BCUT2D eigenvalue weighted by atomic mass is 16.5. The van der Waals surface area contributed by atoms with E-state index in [9.17, 15) is 4.79 Å². The summed E-state index contributed by atoms with van der Waals surface area (Å²) in [6.07, 6.45) is 3.05. The van der Waals surface area contributed by atoms with Gasteiger partial charge in [0.2, 0.25) is 5.89 Å². The van der Waals surface area contributed by atoms with Gasteiger partial charge in [0.15, 0.2) is 12.3 Å². The summed E-state index contributed by atoms with van der Waals surface area (Å²) < 4.78 is 11.0. The number of oxazole rings is 1. The van der Waals surface area contributed by atoms with Crippen molar-refractivity contribution in [3.05, 3.63) is 54.4 Å². The first kappa shape index (κ1) is 15.0. The average Bonchev–Trinajstić information content (AvgIpc) is 3.01. The van der Waals surface area contributed by atoms with Crippen LogP contribution in [0, 0.1) is 0 Å². The van der Waals surface area contributed by atoms with Crippen molar-refractivity contribution >= 4 is 16.8 Å². The molecule has 0 radical (unpaired) electrons. The number of aromatic nitrogens is 2. The second-order valence-electron chi connectivity index (χ2n) is 5.37. The molecule has 0 saturated carbocycles. The number of carbonyl (C=O) groups excluding carboxylic acids is 1. The van der Waals surface area contributed by atoms with Gasteiger partial charge in [-0.1, -0.05) is 18.2 Å². The summed E-state index contributed by atoms with van der Waals surface area (Å²) >= 11 is 0. The number of carbonyl (C=O) groups is 1. The third-order valence-corrected chi connectivity index (χ3v) is 3.15. The molecule has 0 atom stereocenters. The Morgan fingerprint density at radius 3 is 2.96 bits per heavy atom. The maximum Gasteiger partial charge on any atom is 0.273 e. The highest BCUT2D eigenvalue weighted by Crippen LogP contribution is 2.23. The molecule has 23 heavy (non-hydrogen) atoms. The van der Waals surface area contributed by atoms with E-state index in [1.165, 1.54) is 6.26 Å². The van der Waals surface area contributed by atoms with Gasteiger partial charge in [0.05, 0.1) is 0 Å². The van der Waals surface area contributed by atoms with Crippen LogP contribution in [0.5, 0.6) is 5.75 Å². The van der Waals surface area contributed by atoms with Crippen LogP contribution in [0.2, 0.25) is 0 Å². The molecule has 3 rings (SSSR count). The molecule has 0 aliphatic rings. The lowest BCUT2D eigenvalue weighted by molar-refractivity contribution is 0.0938. The van der Waals surface area contributed by atoms with Crippen LogP contribution in [0.1, 0.15) is 30.2 Å². The molecule has 118 valence electrons. The molecule has 2 aromatic heterocycles. The van der Waals surface area contributed by atoms with Gasteiger partial charge in [-0.3, -0.25) is 9.78 Å². The van der Waals surface area contributed by atoms with E-state index in [0.717, 1.165) is 10.9 Å². The number of nitrogens with zero attached hydrogens (tertiary/aromatic N) is 2. The first-order valence-corrected chi connectivity index (χ1v) is 7.35. The summed E-state index contributed by atoms with van der Waals surface area (Å²) in [5.74, 6) is 0.725. The average molecular weight is 311 g/mol. The number of fused-ring (bicyclic) bond motifs is 1. The molecule has 6 heteroatoms. The summed E-state index contributed by atoms with van der Waals surface area (Å²) in [6, 6.07) is 9.59. The summed E-state index contributed by atoms with van der Waals surface area (Å²) in [6.45, 7) is 3.90. The smallest absolute Gasteiger partial charge is 0.273 e. The number of rotatable bonds is 5. The van der Waals surface area contributed by atoms with Crippen molar-refractivity contribution in [1.82, 2.24) is 15.3 Å². The van der Waals surface area contributed by atoms with Crippen molar-refractivity contribution < 1.29 is 13.9 Å². The Bertz CT molecular complexity index is 821. The predicted molar refractivity (Wildman–Crippen MR) is 85.2 cm³/mol. The van der Waals surface area contributed by atoms with Gasteiger partial charge in [-0.2, -0.15) is 0 Å². The maximum atomic E-state index is 11.8. The quantitative estimate of drug-likeness (QED) is 0.784. The molecular formula is C17H17N3O3. The minimum Gasteiger partial charge on any atom is -0.482 e. The number of nitrogens with one attached hydrogen (secondary N) is 1. The molecule has 1 amide bonds. The minimum atomic E-state index is -0.262. The van der Waals surface area contributed by atoms with Gasteiger partial charge in [-0.25, -0.2) is 4.98 Å². The highest BCUT2D eigenvalue weighted by Gasteiger charge is 2.13. The largest absolute Gasteiger partial charge is 0.482 e. The normalized spacial score (nSPS) is 10.9. The molecule has 0 fully saturated rings. The van der Waals surface area contributed by atoms with Gasteiger partial charge in [0.1, 0.15) is 17.5 Å². The van der Waals surface area contributed by atoms with Gasteiger partial charge in [0.25, 0.3) is 5.91 Å². The topological polar surface area (TPSA) is 77.2 Å². The fraction of sp³-hybridized carbons (Fsp3) is 0.235. The van der Waals surface area contributed by atoms with Crippen LogP contribution in [-0.2, 0) is 6.61 Å². The molecule has 2 heterocycles. The molecule has 0 aliphatic carbocycles. The lowest BCUT2D eigenvalue weighted by Crippen LogP contribution is -2.30. The van der Waals surface area contributed by atoms with E-state index < -0.39 is 0 Å². The maximum absolute atomic E-state index is 11.8. The van der Waals surface area contributed by atoms with Gasteiger partial charge in [-0.05, 0) is 26.0 Å². The molecule has 1 N–H and O–H groups in total. The summed E-state index contributed by atoms with van der Waals surface area (Å²) in [4.78, 5) is 20.3. The van der Waals surface area contributed by atoms with E-state index in [1.807, 2.05) is 44.2 Å². The third kappa shape index (κ3) is 3.48. The van der Waals surface area contributed by atoms with Crippen molar-refractivity contribution in [1.29, 1.82) is 0 Å². The lowest BCUT2D eigenvalue weighted by atomic mass is 10.2. The zero-order valence-electron chi connectivity index (χ0n) is 12.9. The predicted octanol–water partition coefficient (Wildman–Crippen LogP) is 2.94. The molecule has 3 aromatic rings. The van der Waals surface area contributed by atoms with Crippen LogP contribution in [0.3, 0.4) is 0 Å². The molecule has 0 saturated heterocycles. The monoisotopic (exact) mass is 311 g/mol. The van der Waals surface area contributed by atoms with Crippen LogP contribution in [-0.4, -0.2) is 21.9 Å². The zero-order chi connectivity index (χ0) is 16.2. The first-order valence-electron chi connectivity index (χ1n) is 7.35. The number of benzene rings is 1. The third-order valence-electron chi connectivity index (χ3n) is 3.15. The van der Waals surface area contributed by atoms with Gasteiger partial charge in [-0.15, -0.1) is 0 Å². The van der Waals surface area contributed by atoms with E-state index in [0.29, 0.717) is 11.6 Å². The van der Waals surface area contributed by atoms with Crippen molar-refractivity contribution in [2.24, 2.45) is 0 Å². The number of para-hydroxylation sites is 1. The Morgan fingerprint density at radius 2 is 2.13 bits per heavy atom.